The van der Waals surface area contributed by atoms with Crippen LogP contribution in [-0.4, -0.2) is 32.6 Å². The Morgan fingerprint density at radius 1 is 1.30 bits per heavy atom. The number of nitrogens with zero attached hydrogens (tertiary/aromatic N) is 5. The molecule has 5 nitrogen and oxygen atoms in total. The number of aromatic nitrogens is 4. The van der Waals surface area contributed by atoms with Crippen molar-refractivity contribution in [3.8, 4) is 0 Å². The fraction of sp³-hybridized carbons (Fsp3) is 0.353. The van der Waals surface area contributed by atoms with Gasteiger partial charge >= 0.3 is 0 Å². The van der Waals surface area contributed by atoms with Crippen LogP contribution in [0.2, 0.25) is 5.15 Å². The van der Waals surface area contributed by atoms with E-state index in [0.29, 0.717) is 16.9 Å². The molecular formula is C17H20ClN5. The molecule has 2 aromatic rings. The number of allylic oxidation sites excluding steroid dienone is 1. The van der Waals surface area contributed by atoms with Gasteiger partial charge < -0.3 is 9.47 Å². The Kier molecular flexibility index (Phi) is 4.22. The van der Waals surface area contributed by atoms with E-state index in [0.717, 1.165) is 36.1 Å². The first-order valence-electron chi connectivity index (χ1n) is 7.61. The van der Waals surface area contributed by atoms with Crippen LogP contribution in [0.3, 0.4) is 0 Å². The quantitative estimate of drug-likeness (QED) is 0.806. The monoisotopic (exact) mass is 329 g/mol. The minimum absolute atomic E-state index is 0.381. The lowest BCUT2D eigenvalue weighted by Crippen LogP contribution is -2.46. The largest absolute Gasteiger partial charge is 0.355 e. The van der Waals surface area contributed by atoms with Gasteiger partial charge in [-0.1, -0.05) is 24.3 Å². The summed E-state index contributed by atoms with van der Waals surface area (Å²) >= 11 is 6.02. The number of rotatable bonds is 4. The molecule has 3 heterocycles. The topological polar surface area (TPSA) is 46.8 Å². The number of hydrogen-bond donors (Lipinski definition) is 0. The summed E-state index contributed by atoms with van der Waals surface area (Å²) in [7, 11) is 2.05. The highest BCUT2D eigenvalue weighted by Gasteiger charge is 2.33. The van der Waals surface area contributed by atoms with Crippen molar-refractivity contribution in [3.63, 3.8) is 0 Å². The maximum atomic E-state index is 6.02. The van der Waals surface area contributed by atoms with Crippen LogP contribution in [0.1, 0.15) is 35.9 Å². The smallest absolute Gasteiger partial charge is 0.134 e. The summed E-state index contributed by atoms with van der Waals surface area (Å²) in [5, 5.41) is 0.484. The van der Waals surface area contributed by atoms with Gasteiger partial charge in [0.1, 0.15) is 22.6 Å². The second-order valence-electron chi connectivity index (χ2n) is 5.70. The third kappa shape index (κ3) is 2.88. The summed E-state index contributed by atoms with van der Waals surface area (Å²) in [6.45, 7) is 9.48. The van der Waals surface area contributed by atoms with Crippen LogP contribution < -0.4 is 4.90 Å². The van der Waals surface area contributed by atoms with Crippen molar-refractivity contribution in [3.05, 3.63) is 46.9 Å². The highest BCUT2D eigenvalue weighted by atomic mass is 35.5. The Hall–Kier alpha value is -2.14. The van der Waals surface area contributed by atoms with E-state index >= 15 is 0 Å². The lowest BCUT2D eigenvalue weighted by molar-refractivity contribution is 0.483. The molecule has 0 unspecified atom stereocenters. The van der Waals surface area contributed by atoms with Gasteiger partial charge in [-0.2, -0.15) is 0 Å². The van der Waals surface area contributed by atoms with Gasteiger partial charge in [0.05, 0.1) is 17.3 Å². The maximum absolute atomic E-state index is 6.02. The van der Waals surface area contributed by atoms with Crippen LogP contribution in [0.5, 0.6) is 0 Å². The summed E-state index contributed by atoms with van der Waals surface area (Å²) in [5.74, 6) is 3.04. The van der Waals surface area contributed by atoms with E-state index in [-0.39, 0.29) is 0 Å². The Labute approximate surface area is 141 Å². The van der Waals surface area contributed by atoms with Crippen molar-refractivity contribution in [1.82, 2.24) is 19.5 Å². The SMILES string of the molecule is C=Cc1nc(C2CN(c3cc(Cl)nc(C)n3)C2)n(C)c1/C=C\C. The average molecular weight is 330 g/mol. The summed E-state index contributed by atoms with van der Waals surface area (Å²) in [5.41, 5.74) is 2.02. The number of imidazole rings is 1. The number of hydrogen-bond acceptors (Lipinski definition) is 4. The third-order valence-corrected chi connectivity index (χ3v) is 4.28. The Morgan fingerprint density at radius 3 is 2.65 bits per heavy atom. The first-order valence-corrected chi connectivity index (χ1v) is 7.99. The number of aryl methyl sites for hydroxylation is 1. The molecule has 3 rings (SSSR count). The van der Waals surface area contributed by atoms with Crippen LogP contribution in [0.25, 0.3) is 12.2 Å². The molecule has 1 fully saturated rings. The summed E-state index contributed by atoms with van der Waals surface area (Å²) in [6, 6.07) is 1.81. The molecule has 0 aliphatic carbocycles. The van der Waals surface area contributed by atoms with Gasteiger partial charge in [0.2, 0.25) is 0 Å². The predicted molar refractivity (Wildman–Crippen MR) is 94.7 cm³/mol. The van der Waals surface area contributed by atoms with E-state index in [9.17, 15) is 0 Å². The molecule has 120 valence electrons. The van der Waals surface area contributed by atoms with Gasteiger partial charge in [-0.05, 0) is 26.0 Å². The zero-order chi connectivity index (χ0) is 16.6. The lowest BCUT2D eigenvalue weighted by atomic mass is 9.99. The molecule has 1 aliphatic rings. The van der Waals surface area contributed by atoms with E-state index in [4.69, 9.17) is 16.6 Å². The molecule has 2 aromatic heterocycles. The van der Waals surface area contributed by atoms with E-state index in [1.54, 1.807) is 0 Å². The molecule has 0 N–H and O–H groups in total. The molecule has 0 bridgehead atoms. The molecule has 1 saturated heterocycles. The minimum Gasteiger partial charge on any atom is -0.355 e. The van der Waals surface area contributed by atoms with Crippen LogP contribution in [0, 0.1) is 6.92 Å². The molecule has 0 aromatic carbocycles. The highest BCUT2D eigenvalue weighted by Crippen LogP contribution is 2.32. The summed E-state index contributed by atoms with van der Waals surface area (Å²) < 4.78 is 2.15. The second kappa shape index (κ2) is 6.16. The van der Waals surface area contributed by atoms with Crippen molar-refractivity contribution in [1.29, 1.82) is 0 Å². The van der Waals surface area contributed by atoms with Gasteiger partial charge in [-0.25, -0.2) is 15.0 Å². The van der Waals surface area contributed by atoms with Gasteiger partial charge in [-0.15, -0.1) is 0 Å². The molecule has 1 aliphatic heterocycles. The first-order chi connectivity index (χ1) is 11.0. The molecule has 0 atom stereocenters. The van der Waals surface area contributed by atoms with E-state index in [1.165, 1.54) is 0 Å². The third-order valence-electron chi connectivity index (χ3n) is 4.08. The summed E-state index contributed by atoms with van der Waals surface area (Å²) in [4.78, 5) is 15.5. The van der Waals surface area contributed by atoms with Crippen molar-refractivity contribution < 1.29 is 0 Å². The van der Waals surface area contributed by atoms with E-state index in [1.807, 2.05) is 32.1 Å². The molecule has 0 amide bonds. The highest BCUT2D eigenvalue weighted by molar-refractivity contribution is 6.29. The number of anilines is 1. The Balaban J connectivity index is 1.80. The summed E-state index contributed by atoms with van der Waals surface area (Å²) in [6.07, 6.45) is 5.90. The molecule has 0 saturated carbocycles. The molecule has 0 radical (unpaired) electrons. The first kappa shape index (κ1) is 15.7. The fourth-order valence-electron chi connectivity index (χ4n) is 2.93. The molecule has 23 heavy (non-hydrogen) atoms. The maximum Gasteiger partial charge on any atom is 0.134 e. The molecule has 0 spiro atoms. The fourth-order valence-corrected chi connectivity index (χ4v) is 3.15. The molecule has 6 heteroatoms. The van der Waals surface area contributed by atoms with Crippen LogP contribution in [-0.2, 0) is 7.05 Å². The zero-order valence-electron chi connectivity index (χ0n) is 13.6. The predicted octanol–water partition coefficient (Wildman–Crippen LogP) is 3.45. The minimum atomic E-state index is 0.381. The normalized spacial score (nSPS) is 15.2. The zero-order valence-corrected chi connectivity index (χ0v) is 14.4. The van der Waals surface area contributed by atoms with Gasteiger partial charge in [0.15, 0.2) is 0 Å². The standard InChI is InChI=1S/C17H20ClN5/c1-5-7-14-13(6-2)21-17(22(14)4)12-9-23(10-12)16-8-15(18)19-11(3)20-16/h5-8,12H,2,9-10H2,1,3-4H3/b7-5-. The average Bonchev–Trinajstić information content (AvgIpc) is 2.74. The van der Waals surface area contributed by atoms with E-state index in [2.05, 4.69) is 39.1 Å². The van der Waals surface area contributed by atoms with Crippen molar-refractivity contribution >= 4 is 29.6 Å². The van der Waals surface area contributed by atoms with E-state index < -0.39 is 0 Å². The Morgan fingerprint density at radius 2 is 2.04 bits per heavy atom. The van der Waals surface area contributed by atoms with Crippen molar-refractivity contribution in [2.24, 2.45) is 7.05 Å². The lowest BCUT2D eigenvalue weighted by Gasteiger charge is -2.39. The van der Waals surface area contributed by atoms with Crippen LogP contribution >= 0.6 is 11.6 Å². The molecular weight excluding hydrogens is 310 g/mol. The number of halogens is 1. The second-order valence-corrected chi connectivity index (χ2v) is 6.09. The van der Waals surface area contributed by atoms with Crippen molar-refractivity contribution in [2.75, 3.05) is 18.0 Å². The van der Waals surface area contributed by atoms with Crippen LogP contribution in [0.15, 0.2) is 18.7 Å². The van der Waals surface area contributed by atoms with Crippen molar-refractivity contribution in [2.45, 2.75) is 19.8 Å². The Bertz CT molecular complexity index is 751. The van der Waals surface area contributed by atoms with Gasteiger partial charge in [0.25, 0.3) is 0 Å². The van der Waals surface area contributed by atoms with Gasteiger partial charge in [0, 0.05) is 26.2 Å². The van der Waals surface area contributed by atoms with Gasteiger partial charge in [-0.3, -0.25) is 0 Å². The van der Waals surface area contributed by atoms with Crippen LogP contribution in [0.4, 0.5) is 5.82 Å².